The molecule has 0 radical (unpaired) electrons. The van der Waals surface area contributed by atoms with Crippen LogP contribution in [0.25, 0.3) is 0 Å². The summed E-state index contributed by atoms with van der Waals surface area (Å²) in [5.74, 6) is 0. The summed E-state index contributed by atoms with van der Waals surface area (Å²) in [5.41, 5.74) is 0. The molecule has 11 heavy (non-hydrogen) atoms. The molecule has 0 unspecified atom stereocenters. The lowest BCUT2D eigenvalue weighted by Gasteiger charge is -1.94. The Hall–Kier alpha value is -0.290. The minimum Gasteiger partial charge on any atom is -0.209 e. The molecule has 0 amide bonds. The molecule has 1 rings (SSSR count). The maximum Gasteiger partial charge on any atom is 0.333 e. The Kier molecular flexibility index (Phi) is 2.72. The number of aromatic nitrogens is 2. The first-order valence-electron chi connectivity index (χ1n) is 2.72. The summed E-state index contributed by atoms with van der Waals surface area (Å²) in [7, 11) is 0. The van der Waals surface area contributed by atoms with Crippen LogP contribution >= 0.6 is 23.4 Å². The molecule has 6 heteroatoms. The van der Waals surface area contributed by atoms with Crippen molar-refractivity contribution in [3.63, 3.8) is 0 Å². The summed E-state index contributed by atoms with van der Waals surface area (Å²) < 4.78 is 24.4. The van der Waals surface area contributed by atoms with E-state index < -0.39 is 6.55 Å². The molecule has 0 N–H and O–H groups in total. The van der Waals surface area contributed by atoms with Crippen LogP contribution in [0.15, 0.2) is 11.2 Å². The Morgan fingerprint density at radius 1 is 1.73 bits per heavy atom. The van der Waals surface area contributed by atoms with Crippen LogP contribution in [0.5, 0.6) is 0 Å². The zero-order chi connectivity index (χ0) is 8.43. The molecule has 1 aromatic heterocycles. The smallest absolute Gasteiger partial charge is 0.209 e. The van der Waals surface area contributed by atoms with Crippen LogP contribution in [-0.2, 0) is 0 Å². The molecule has 2 nitrogen and oxygen atoms in total. The lowest BCUT2D eigenvalue weighted by molar-refractivity contribution is 0.0554. The van der Waals surface area contributed by atoms with Crippen molar-refractivity contribution in [3.8, 4) is 0 Å². The van der Waals surface area contributed by atoms with Crippen molar-refractivity contribution < 1.29 is 8.78 Å². The lowest BCUT2D eigenvalue weighted by atomic mass is 10.7. The van der Waals surface area contributed by atoms with E-state index in [9.17, 15) is 8.78 Å². The predicted molar refractivity (Wildman–Crippen MR) is 40.3 cm³/mol. The van der Waals surface area contributed by atoms with Crippen LogP contribution in [0, 0.1) is 0 Å². The molecule has 0 atom stereocenters. The van der Waals surface area contributed by atoms with Gasteiger partial charge in [-0.2, -0.15) is 13.9 Å². The van der Waals surface area contributed by atoms with Crippen LogP contribution in [0.2, 0.25) is 5.02 Å². The second-order valence-corrected chi connectivity index (χ2v) is 2.95. The highest BCUT2D eigenvalue weighted by atomic mass is 35.5. The lowest BCUT2D eigenvalue weighted by Crippen LogP contribution is -1.97. The number of hydrogen-bond acceptors (Lipinski definition) is 2. The molecule has 62 valence electrons. The minimum atomic E-state index is -2.62. The van der Waals surface area contributed by atoms with Gasteiger partial charge in [-0.25, -0.2) is 4.68 Å². The third-order valence-electron chi connectivity index (χ3n) is 1.05. The fourth-order valence-electron chi connectivity index (χ4n) is 0.591. The Morgan fingerprint density at radius 3 is 2.64 bits per heavy atom. The third-order valence-corrected chi connectivity index (χ3v) is 2.13. The number of nitrogens with zero attached hydrogens (tertiary/aromatic N) is 2. The molecule has 1 heterocycles. The predicted octanol–water partition coefficient (Wildman–Crippen LogP) is 2.65. The Labute approximate surface area is 71.5 Å². The molecule has 0 aliphatic heterocycles. The van der Waals surface area contributed by atoms with E-state index >= 15 is 0 Å². The van der Waals surface area contributed by atoms with Gasteiger partial charge in [0.15, 0.2) is 0 Å². The summed E-state index contributed by atoms with van der Waals surface area (Å²) in [5, 5.41) is 4.21. The highest BCUT2D eigenvalue weighted by molar-refractivity contribution is 7.98. The molecule has 0 spiro atoms. The van der Waals surface area contributed by atoms with E-state index in [4.69, 9.17) is 11.6 Å². The van der Waals surface area contributed by atoms with Gasteiger partial charge in [0.05, 0.1) is 11.2 Å². The highest BCUT2D eigenvalue weighted by Gasteiger charge is 2.11. The van der Waals surface area contributed by atoms with E-state index in [-0.39, 0.29) is 5.02 Å². The highest BCUT2D eigenvalue weighted by Crippen LogP contribution is 2.25. The van der Waals surface area contributed by atoms with Gasteiger partial charge in [-0.05, 0) is 6.26 Å². The minimum absolute atomic E-state index is 0.262. The average molecular weight is 199 g/mol. The molecule has 0 saturated carbocycles. The average Bonchev–Trinajstić information content (AvgIpc) is 2.31. The Bertz CT molecular complexity index is 251. The monoisotopic (exact) mass is 198 g/mol. The largest absolute Gasteiger partial charge is 0.333 e. The van der Waals surface area contributed by atoms with Gasteiger partial charge in [-0.1, -0.05) is 11.6 Å². The molecule has 1 aromatic rings. The van der Waals surface area contributed by atoms with Gasteiger partial charge in [0.1, 0.15) is 5.03 Å². The summed E-state index contributed by atoms with van der Waals surface area (Å²) in [6, 6.07) is 0. The van der Waals surface area contributed by atoms with Crippen molar-refractivity contribution in [2.45, 2.75) is 11.6 Å². The topological polar surface area (TPSA) is 17.8 Å². The first kappa shape index (κ1) is 8.80. The molecule has 0 aliphatic rings. The quantitative estimate of drug-likeness (QED) is 0.680. The van der Waals surface area contributed by atoms with Crippen molar-refractivity contribution in [1.29, 1.82) is 0 Å². The maximum absolute atomic E-state index is 11.9. The number of thioether (sulfide) groups is 1. The second kappa shape index (κ2) is 3.40. The second-order valence-electron chi connectivity index (χ2n) is 1.74. The molecular weight excluding hydrogens is 194 g/mol. The van der Waals surface area contributed by atoms with E-state index in [0.717, 1.165) is 6.20 Å². The zero-order valence-electron chi connectivity index (χ0n) is 5.59. The number of alkyl halides is 2. The standard InChI is InChI=1S/C5H5ClF2N2S/c1-11-4-3(6)2-10(9-4)5(7)8/h2,5H,1H3. The van der Waals surface area contributed by atoms with Gasteiger partial charge in [-0.15, -0.1) is 11.8 Å². The van der Waals surface area contributed by atoms with Gasteiger partial charge in [0.2, 0.25) is 0 Å². The van der Waals surface area contributed by atoms with Gasteiger partial charge in [0, 0.05) is 0 Å². The molecule has 0 saturated heterocycles. The van der Waals surface area contributed by atoms with Crippen molar-refractivity contribution >= 4 is 23.4 Å². The summed E-state index contributed by atoms with van der Waals surface area (Å²) in [6.45, 7) is -2.62. The molecule has 0 bridgehead atoms. The van der Waals surface area contributed by atoms with E-state index in [1.54, 1.807) is 6.26 Å². The van der Waals surface area contributed by atoms with Crippen LogP contribution in [0.1, 0.15) is 6.55 Å². The van der Waals surface area contributed by atoms with Crippen LogP contribution in [0.4, 0.5) is 8.78 Å². The molecule has 0 aliphatic carbocycles. The van der Waals surface area contributed by atoms with Crippen LogP contribution in [-0.4, -0.2) is 16.0 Å². The fourth-order valence-corrected chi connectivity index (χ4v) is 1.38. The third kappa shape index (κ3) is 1.84. The van der Waals surface area contributed by atoms with Crippen molar-refractivity contribution in [1.82, 2.24) is 9.78 Å². The van der Waals surface area contributed by atoms with Crippen LogP contribution in [0.3, 0.4) is 0 Å². The van der Waals surface area contributed by atoms with Gasteiger partial charge >= 0.3 is 6.55 Å². The van der Waals surface area contributed by atoms with Crippen molar-refractivity contribution in [2.24, 2.45) is 0 Å². The van der Waals surface area contributed by atoms with Crippen molar-refractivity contribution in [3.05, 3.63) is 11.2 Å². The van der Waals surface area contributed by atoms with Gasteiger partial charge in [0.25, 0.3) is 0 Å². The van der Waals surface area contributed by atoms with E-state index in [0.29, 0.717) is 9.71 Å². The summed E-state index contributed by atoms with van der Waals surface area (Å²) in [6.07, 6.45) is 2.84. The van der Waals surface area contributed by atoms with Crippen LogP contribution < -0.4 is 0 Å². The molecule has 0 aromatic carbocycles. The fraction of sp³-hybridized carbons (Fsp3) is 0.400. The van der Waals surface area contributed by atoms with E-state index in [2.05, 4.69) is 5.10 Å². The van der Waals surface area contributed by atoms with E-state index in [1.807, 2.05) is 0 Å². The van der Waals surface area contributed by atoms with E-state index in [1.165, 1.54) is 11.8 Å². The summed E-state index contributed by atoms with van der Waals surface area (Å²) >= 11 is 6.79. The number of rotatable bonds is 2. The normalized spacial score (nSPS) is 11.0. The first-order chi connectivity index (χ1) is 5.15. The first-order valence-corrected chi connectivity index (χ1v) is 4.32. The SMILES string of the molecule is CSc1nn(C(F)F)cc1Cl. The van der Waals surface area contributed by atoms with Gasteiger partial charge < -0.3 is 0 Å². The zero-order valence-corrected chi connectivity index (χ0v) is 7.16. The van der Waals surface area contributed by atoms with Gasteiger partial charge in [-0.3, -0.25) is 0 Å². The van der Waals surface area contributed by atoms with Crippen molar-refractivity contribution in [2.75, 3.05) is 6.26 Å². The number of halogens is 3. The molecule has 0 fully saturated rings. The molecular formula is C5H5ClF2N2S. The number of hydrogen-bond donors (Lipinski definition) is 0. The maximum atomic E-state index is 11.9. The Morgan fingerprint density at radius 2 is 2.36 bits per heavy atom. The Balaban J connectivity index is 2.95. The summed E-state index contributed by atoms with van der Waals surface area (Å²) in [4.78, 5) is 0.